The molecule has 0 atom stereocenters. The number of hydrogen-bond acceptors (Lipinski definition) is 4. The van der Waals surface area contributed by atoms with E-state index in [1.807, 2.05) is 19.1 Å². The Morgan fingerprint density at radius 3 is 2.78 bits per heavy atom. The van der Waals surface area contributed by atoms with Crippen LogP contribution in [-0.4, -0.2) is 19.1 Å². The van der Waals surface area contributed by atoms with E-state index in [1.54, 1.807) is 0 Å². The zero-order chi connectivity index (χ0) is 13.0. The molecule has 18 heavy (non-hydrogen) atoms. The van der Waals surface area contributed by atoms with Gasteiger partial charge in [-0.1, -0.05) is 0 Å². The van der Waals surface area contributed by atoms with Crippen molar-refractivity contribution in [2.75, 3.05) is 13.2 Å². The molecule has 1 aromatic heterocycles. The first-order valence-electron chi connectivity index (χ1n) is 5.99. The van der Waals surface area contributed by atoms with E-state index in [4.69, 9.17) is 9.15 Å². The fourth-order valence-electron chi connectivity index (χ4n) is 2.03. The molecule has 1 amide bonds. The highest BCUT2D eigenvalue weighted by Gasteiger charge is 2.40. The maximum absolute atomic E-state index is 12.1. The zero-order valence-electron chi connectivity index (χ0n) is 10.4. The predicted molar refractivity (Wildman–Crippen MR) is 63.4 cm³/mol. The van der Waals surface area contributed by atoms with Crippen molar-refractivity contribution < 1.29 is 13.9 Å². The quantitative estimate of drug-likeness (QED) is 0.880. The molecule has 1 aliphatic rings. The number of rotatable bonds is 3. The van der Waals surface area contributed by atoms with Gasteiger partial charge in [-0.2, -0.15) is 5.26 Å². The number of amides is 1. The topological polar surface area (TPSA) is 75.3 Å². The molecule has 0 saturated carbocycles. The summed E-state index contributed by atoms with van der Waals surface area (Å²) in [4.78, 5) is 12.1. The molecule has 5 heteroatoms. The van der Waals surface area contributed by atoms with Crippen LogP contribution < -0.4 is 5.32 Å². The second kappa shape index (κ2) is 5.23. The molecule has 0 aliphatic carbocycles. The van der Waals surface area contributed by atoms with Crippen LogP contribution in [0.25, 0.3) is 0 Å². The first-order valence-corrected chi connectivity index (χ1v) is 5.99. The third kappa shape index (κ3) is 2.54. The standard InChI is InChI=1S/C13H16N2O3/c1-10-2-3-11(18-10)8-15-12(16)13(9-14)4-6-17-7-5-13/h2-3H,4-8H2,1H3,(H,15,16). The van der Waals surface area contributed by atoms with Crippen molar-refractivity contribution in [2.45, 2.75) is 26.3 Å². The van der Waals surface area contributed by atoms with Crippen LogP contribution in [0.1, 0.15) is 24.4 Å². The van der Waals surface area contributed by atoms with Crippen LogP contribution in [-0.2, 0) is 16.1 Å². The second-order valence-electron chi connectivity index (χ2n) is 4.50. The highest BCUT2D eigenvalue weighted by molar-refractivity contribution is 5.85. The van der Waals surface area contributed by atoms with Gasteiger partial charge in [0.2, 0.25) is 5.91 Å². The smallest absolute Gasteiger partial charge is 0.241 e. The fourth-order valence-corrected chi connectivity index (χ4v) is 2.03. The van der Waals surface area contributed by atoms with E-state index in [9.17, 15) is 10.1 Å². The van der Waals surface area contributed by atoms with Crippen molar-refractivity contribution in [3.05, 3.63) is 23.7 Å². The second-order valence-corrected chi connectivity index (χ2v) is 4.50. The minimum atomic E-state index is -0.945. The monoisotopic (exact) mass is 248 g/mol. The van der Waals surface area contributed by atoms with Crippen LogP contribution in [0, 0.1) is 23.7 Å². The number of carbonyl (C=O) groups excluding carboxylic acids is 1. The third-order valence-electron chi connectivity index (χ3n) is 3.21. The Morgan fingerprint density at radius 1 is 1.50 bits per heavy atom. The summed E-state index contributed by atoms with van der Waals surface area (Å²) < 4.78 is 10.6. The average molecular weight is 248 g/mol. The van der Waals surface area contributed by atoms with Crippen molar-refractivity contribution in [1.82, 2.24) is 5.32 Å². The van der Waals surface area contributed by atoms with Crippen LogP contribution >= 0.6 is 0 Å². The summed E-state index contributed by atoms with van der Waals surface area (Å²) in [5.41, 5.74) is -0.945. The van der Waals surface area contributed by atoms with Gasteiger partial charge in [0.05, 0.1) is 12.6 Å². The molecule has 5 nitrogen and oxygen atoms in total. The lowest BCUT2D eigenvalue weighted by Gasteiger charge is -2.29. The van der Waals surface area contributed by atoms with E-state index in [2.05, 4.69) is 11.4 Å². The number of nitriles is 1. The van der Waals surface area contributed by atoms with E-state index >= 15 is 0 Å². The van der Waals surface area contributed by atoms with Crippen LogP contribution in [0.5, 0.6) is 0 Å². The zero-order valence-corrected chi connectivity index (χ0v) is 10.4. The number of aryl methyl sites for hydroxylation is 1. The van der Waals surface area contributed by atoms with Gasteiger partial charge in [0, 0.05) is 13.2 Å². The van der Waals surface area contributed by atoms with E-state index in [0.29, 0.717) is 38.4 Å². The molecule has 0 spiro atoms. The van der Waals surface area contributed by atoms with Crippen LogP contribution in [0.4, 0.5) is 0 Å². The molecule has 96 valence electrons. The summed E-state index contributed by atoms with van der Waals surface area (Å²) >= 11 is 0. The highest BCUT2D eigenvalue weighted by Crippen LogP contribution is 2.29. The third-order valence-corrected chi connectivity index (χ3v) is 3.21. The van der Waals surface area contributed by atoms with Gasteiger partial charge in [-0.05, 0) is 31.9 Å². The normalized spacial score (nSPS) is 18.0. The Labute approximate surface area is 106 Å². The summed E-state index contributed by atoms with van der Waals surface area (Å²) in [7, 11) is 0. The van der Waals surface area contributed by atoms with E-state index < -0.39 is 5.41 Å². The van der Waals surface area contributed by atoms with Crippen molar-refractivity contribution in [2.24, 2.45) is 5.41 Å². The van der Waals surface area contributed by atoms with Gasteiger partial charge in [0.15, 0.2) is 0 Å². The predicted octanol–water partition coefficient (Wildman–Crippen LogP) is 1.52. The number of hydrogen-bond donors (Lipinski definition) is 1. The molecule has 2 heterocycles. The van der Waals surface area contributed by atoms with E-state index in [0.717, 1.165) is 5.76 Å². The molecule has 2 rings (SSSR count). The van der Waals surface area contributed by atoms with Crippen LogP contribution in [0.15, 0.2) is 16.5 Å². The number of ether oxygens (including phenoxy) is 1. The van der Waals surface area contributed by atoms with Gasteiger partial charge in [0.1, 0.15) is 16.9 Å². The van der Waals surface area contributed by atoms with Gasteiger partial charge < -0.3 is 14.5 Å². The molecule has 1 aromatic rings. The van der Waals surface area contributed by atoms with E-state index in [1.165, 1.54) is 0 Å². The molecular weight excluding hydrogens is 232 g/mol. The number of nitrogens with zero attached hydrogens (tertiary/aromatic N) is 1. The number of carbonyl (C=O) groups is 1. The maximum Gasteiger partial charge on any atom is 0.241 e. The van der Waals surface area contributed by atoms with Gasteiger partial charge in [0.25, 0.3) is 0 Å². The Kier molecular flexibility index (Phi) is 3.68. The summed E-state index contributed by atoms with van der Waals surface area (Å²) in [6.45, 7) is 3.08. The lowest BCUT2D eigenvalue weighted by Crippen LogP contribution is -2.43. The Bertz CT molecular complexity index is 467. The first-order chi connectivity index (χ1) is 8.66. The summed E-state index contributed by atoms with van der Waals surface area (Å²) in [5, 5.41) is 12.0. The van der Waals surface area contributed by atoms with Crippen LogP contribution in [0.3, 0.4) is 0 Å². The molecule has 0 aromatic carbocycles. The Hall–Kier alpha value is -1.80. The minimum Gasteiger partial charge on any atom is -0.465 e. The molecule has 1 N–H and O–H groups in total. The van der Waals surface area contributed by atoms with Crippen molar-refractivity contribution in [3.8, 4) is 6.07 Å². The van der Waals surface area contributed by atoms with Gasteiger partial charge in [-0.15, -0.1) is 0 Å². The van der Waals surface area contributed by atoms with Crippen molar-refractivity contribution in [1.29, 1.82) is 5.26 Å². The largest absolute Gasteiger partial charge is 0.465 e. The lowest BCUT2D eigenvalue weighted by molar-refractivity contribution is -0.132. The maximum atomic E-state index is 12.1. The first kappa shape index (κ1) is 12.7. The molecule has 1 saturated heterocycles. The van der Waals surface area contributed by atoms with Crippen molar-refractivity contribution >= 4 is 5.91 Å². The highest BCUT2D eigenvalue weighted by atomic mass is 16.5. The Morgan fingerprint density at radius 2 is 2.22 bits per heavy atom. The molecule has 1 fully saturated rings. The fraction of sp³-hybridized carbons (Fsp3) is 0.538. The van der Waals surface area contributed by atoms with Gasteiger partial charge in [-0.25, -0.2) is 0 Å². The lowest BCUT2D eigenvalue weighted by atomic mass is 9.81. The SMILES string of the molecule is Cc1ccc(CNC(=O)C2(C#N)CCOCC2)o1. The van der Waals surface area contributed by atoms with Gasteiger partial charge in [-0.3, -0.25) is 4.79 Å². The number of furan rings is 1. The van der Waals surface area contributed by atoms with E-state index in [-0.39, 0.29) is 5.91 Å². The van der Waals surface area contributed by atoms with Gasteiger partial charge >= 0.3 is 0 Å². The molecule has 1 aliphatic heterocycles. The van der Waals surface area contributed by atoms with Crippen molar-refractivity contribution in [3.63, 3.8) is 0 Å². The summed E-state index contributed by atoms with van der Waals surface area (Å²) in [6.07, 6.45) is 0.902. The Balaban J connectivity index is 1.96. The average Bonchev–Trinajstić information content (AvgIpc) is 2.82. The molecule has 0 radical (unpaired) electrons. The van der Waals surface area contributed by atoms with Crippen LogP contribution in [0.2, 0.25) is 0 Å². The summed E-state index contributed by atoms with van der Waals surface area (Å²) in [5.74, 6) is 1.27. The molecule has 0 bridgehead atoms. The number of nitrogens with one attached hydrogen (secondary N) is 1. The molecular formula is C13H16N2O3. The summed E-state index contributed by atoms with van der Waals surface area (Å²) in [6, 6.07) is 5.80. The minimum absolute atomic E-state index is 0.234. The molecule has 0 unspecified atom stereocenters.